The zero-order valence-electron chi connectivity index (χ0n) is 17.7. The van der Waals surface area contributed by atoms with Crippen LogP contribution < -0.4 is 10.6 Å². The summed E-state index contributed by atoms with van der Waals surface area (Å²) in [4.78, 5) is 11.0. The Morgan fingerprint density at radius 3 is 2.86 bits per heavy atom. The van der Waals surface area contributed by atoms with Gasteiger partial charge >= 0.3 is 0 Å². The van der Waals surface area contributed by atoms with E-state index in [0.29, 0.717) is 12.0 Å². The van der Waals surface area contributed by atoms with Gasteiger partial charge in [-0.05, 0) is 56.6 Å². The lowest BCUT2D eigenvalue weighted by atomic mass is 9.88. The highest BCUT2D eigenvalue weighted by Crippen LogP contribution is 2.36. The molecule has 1 aliphatic heterocycles. The van der Waals surface area contributed by atoms with Crippen LogP contribution in [0.4, 0.5) is 0 Å². The zero-order valence-corrected chi connectivity index (χ0v) is 18.5. The van der Waals surface area contributed by atoms with E-state index in [1.54, 1.807) is 7.11 Å². The van der Waals surface area contributed by atoms with Gasteiger partial charge in [0.15, 0.2) is 5.96 Å². The molecule has 1 aromatic heterocycles. The standard InChI is InChI=1S/C21H37N5OS/c1-22-21(23-10-12-26(13-14-27-3)18-8-9-18)24-16-17-6-4-11-25(2)20(17)19-7-5-15-28-19/h5,7,15,17-18,20H,4,6,8-14,16H2,1-3H3,(H2,22,23,24). The summed E-state index contributed by atoms with van der Waals surface area (Å²) in [6, 6.07) is 5.72. The number of hydrogen-bond acceptors (Lipinski definition) is 5. The van der Waals surface area contributed by atoms with Crippen molar-refractivity contribution in [2.24, 2.45) is 10.9 Å². The Morgan fingerprint density at radius 1 is 1.32 bits per heavy atom. The molecule has 0 aromatic carbocycles. The van der Waals surface area contributed by atoms with Gasteiger partial charge in [0.25, 0.3) is 0 Å². The van der Waals surface area contributed by atoms with Crippen molar-refractivity contribution in [3.63, 3.8) is 0 Å². The van der Waals surface area contributed by atoms with Crippen molar-refractivity contribution in [3.05, 3.63) is 22.4 Å². The first kappa shape index (κ1) is 21.6. The SMILES string of the molecule is CN=C(NCCN(CCOC)C1CC1)NCC1CCCN(C)C1c1cccs1. The fourth-order valence-corrected chi connectivity index (χ4v) is 5.26. The van der Waals surface area contributed by atoms with Crippen LogP contribution >= 0.6 is 11.3 Å². The number of nitrogens with one attached hydrogen (secondary N) is 2. The Morgan fingerprint density at radius 2 is 2.18 bits per heavy atom. The van der Waals surface area contributed by atoms with Crippen LogP contribution in [-0.4, -0.2) is 82.3 Å². The molecule has 2 N–H and O–H groups in total. The first-order chi connectivity index (χ1) is 13.7. The van der Waals surface area contributed by atoms with Gasteiger partial charge in [0.05, 0.1) is 6.61 Å². The Bertz CT molecular complexity index is 590. The minimum absolute atomic E-state index is 0.513. The van der Waals surface area contributed by atoms with Crippen molar-refractivity contribution in [1.29, 1.82) is 0 Å². The lowest BCUT2D eigenvalue weighted by Gasteiger charge is -2.39. The summed E-state index contributed by atoms with van der Waals surface area (Å²) in [6.45, 7) is 5.93. The quantitative estimate of drug-likeness (QED) is 0.461. The minimum Gasteiger partial charge on any atom is -0.383 e. The molecule has 1 aliphatic carbocycles. The number of ether oxygens (including phenoxy) is 1. The van der Waals surface area contributed by atoms with Gasteiger partial charge < -0.3 is 15.4 Å². The molecule has 28 heavy (non-hydrogen) atoms. The maximum atomic E-state index is 5.25. The molecule has 7 heteroatoms. The first-order valence-corrected chi connectivity index (χ1v) is 11.5. The second-order valence-corrected chi connectivity index (χ2v) is 8.96. The molecule has 0 spiro atoms. The van der Waals surface area contributed by atoms with Gasteiger partial charge in [-0.25, -0.2) is 0 Å². The van der Waals surface area contributed by atoms with Crippen molar-refractivity contribution in [2.45, 2.75) is 37.8 Å². The molecule has 1 aromatic rings. The third-order valence-electron chi connectivity index (χ3n) is 5.93. The number of nitrogens with zero attached hydrogens (tertiary/aromatic N) is 3. The van der Waals surface area contributed by atoms with E-state index >= 15 is 0 Å². The van der Waals surface area contributed by atoms with Gasteiger partial charge in [0.1, 0.15) is 0 Å². The third kappa shape index (κ3) is 6.17. The number of hydrogen-bond donors (Lipinski definition) is 2. The predicted octanol–water partition coefficient (Wildman–Crippen LogP) is 2.41. The number of aliphatic imine (C=N–C) groups is 1. The largest absolute Gasteiger partial charge is 0.383 e. The van der Waals surface area contributed by atoms with Crippen LogP contribution in [0.1, 0.15) is 36.6 Å². The number of likely N-dealkylation sites (tertiary alicyclic amines) is 1. The molecule has 2 heterocycles. The van der Waals surface area contributed by atoms with Gasteiger partial charge in [-0.1, -0.05) is 6.07 Å². The number of guanidine groups is 1. The Kier molecular flexibility index (Phi) is 8.58. The van der Waals surface area contributed by atoms with Gasteiger partial charge in [0.2, 0.25) is 0 Å². The van der Waals surface area contributed by atoms with E-state index in [1.165, 1.54) is 37.1 Å². The average molecular weight is 408 g/mol. The molecule has 3 rings (SSSR count). The molecule has 0 radical (unpaired) electrons. The highest BCUT2D eigenvalue weighted by molar-refractivity contribution is 7.10. The summed E-state index contributed by atoms with van der Waals surface area (Å²) in [5, 5.41) is 9.28. The highest BCUT2D eigenvalue weighted by Gasteiger charge is 2.31. The molecule has 6 nitrogen and oxygen atoms in total. The molecule has 2 aliphatic rings. The number of thiophene rings is 1. The molecule has 2 fully saturated rings. The Balaban J connectivity index is 1.45. The number of methoxy groups -OCH3 is 1. The van der Waals surface area contributed by atoms with E-state index in [9.17, 15) is 0 Å². The normalized spacial score (nSPS) is 23.9. The monoisotopic (exact) mass is 407 g/mol. The number of rotatable bonds is 10. The van der Waals surface area contributed by atoms with Crippen LogP contribution in [0.25, 0.3) is 0 Å². The molecule has 158 valence electrons. The summed E-state index contributed by atoms with van der Waals surface area (Å²) in [5.74, 6) is 1.53. The van der Waals surface area contributed by atoms with Gasteiger partial charge in [-0.2, -0.15) is 0 Å². The fraction of sp³-hybridized carbons (Fsp3) is 0.762. The average Bonchev–Trinajstić information content (AvgIpc) is 3.41. The van der Waals surface area contributed by atoms with Crippen LogP contribution in [0.5, 0.6) is 0 Å². The van der Waals surface area contributed by atoms with Gasteiger partial charge in [-0.15, -0.1) is 11.3 Å². The summed E-state index contributed by atoms with van der Waals surface area (Å²) in [5.41, 5.74) is 0. The summed E-state index contributed by atoms with van der Waals surface area (Å²) in [6.07, 6.45) is 5.20. The van der Waals surface area contributed by atoms with Crippen LogP contribution in [0.2, 0.25) is 0 Å². The van der Waals surface area contributed by atoms with Gasteiger partial charge in [-0.3, -0.25) is 14.8 Å². The van der Waals surface area contributed by atoms with Crippen molar-refractivity contribution < 1.29 is 4.74 Å². The van der Waals surface area contributed by atoms with E-state index in [-0.39, 0.29) is 0 Å². The van der Waals surface area contributed by atoms with Crippen molar-refractivity contribution in [3.8, 4) is 0 Å². The molecule has 1 saturated heterocycles. The summed E-state index contributed by atoms with van der Waals surface area (Å²) in [7, 11) is 5.90. The lowest BCUT2D eigenvalue weighted by molar-refractivity contribution is 0.125. The Labute approximate surface area is 174 Å². The third-order valence-corrected chi connectivity index (χ3v) is 6.88. The van der Waals surface area contributed by atoms with Crippen molar-refractivity contribution >= 4 is 17.3 Å². The van der Waals surface area contributed by atoms with Crippen molar-refractivity contribution in [1.82, 2.24) is 20.4 Å². The second-order valence-electron chi connectivity index (χ2n) is 7.98. The second kappa shape index (κ2) is 11.1. The van der Waals surface area contributed by atoms with E-state index in [0.717, 1.165) is 44.8 Å². The minimum atomic E-state index is 0.513. The van der Waals surface area contributed by atoms with Crippen LogP contribution in [0.3, 0.4) is 0 Å². The van der Waals surface area contributed by atoms with E-state index in [2.05, 4.69) is 50.0 Å². The molecular weight excluding hydrogens is 370 g/mol. The molecule has 0 bridgehead atoms. The predicted molar refractivity (Wildman–Crippen MR) is 118 cm³/mol. The van der Waals surface area contributed by atoms with Crippen LogP contribution in [0.15, 0.2) is 22.5 Å². The summed E-state index contributed by atoms with van der Waals surface area (Å²) < 4.78 is 5.25. The van der Waals surface area contributed by atoms with Crippen molar-refractivity contribution in [2.75, 3.05) is 60.5 Å². The molecule has 2 unspecified atom stereocenters. The van der Waals surface area contributed by atoms with Crippen LogP contribution in [-0.2, 0) is 4.74 Å². The molecule has 0 amide bonds. The van der Waals surface area contributed by atoms with Gasteiger partial charge in [0, 0.05) is 57.3 Å². The zero-order chi connectivity index (χ0) is 19.8. The van der Waals surface area contributed by atoms with E-state index in [4.69, 9.17) is 4.74 Å². The number of piperidine rings is 1. The molecular formula is C21H37N5OS. The fourth-order valence-electron chi connectivity index (χ4n) is 4.27. The maximum Gasteiger partial charge on any atom is 0.191 e. The van der Waals surface area contributed by atoms with E-state index < -0.39 is 0 Å². The Hall–Kier alpha value is -1.15. The summed E-state index contributed by atoms with van der Waals surface area (Å²) >= 11 is 1.88. The maximum absolute atomic E-state index is 5.25. The lowest BCUT2D eigenvalue weighted by Crippen LogP contribution is -2.46. The smallest absolute Gasteiger partial charge is 0.191 e. The van der Waals surface area contributed by atoms with E-state index in [1.807, 2.05) is 18.4 Å². The highest BCUT2D eigenvalue weighted by atomic mass is 32.1. The molecule has 1 saturated carbocycles. The topological polar surface area (TPSA) is 52.1 Å². The van der Waals surface area contributed by atoms with Crippen LogP contribution in [0, 0.1) is 5.92 Å². The first-order valence-electron chi connectivity index (χ1n) is 10.6. The molecule has 2 atom stereocenters.